The molecule has 158 valence electrons. The number of carbonyl (C=O) groups excluding carboxylic acids is 6. The van der Waals surface area contributed by atoms with Gasteiger partial charge >= 0.3 is 11.9 Å². The van der Waals surface area contributed by atoms with Crippen LogP contribution < -0.4 is 27.6 Å². The van der Waals surface area contributed by atoms with Crippen LogP contribution in [0.4, 0.5) is 0 Å². The minimum absolute atomic E-state index is 0. The zero-order valence-corrected chi connectivity index (χ0v) is 16.0. The molecule has 2 atom stereocenters. The molecule has 2 unspecified atom stereocenters. The highest BCUT2D eigenvalue weighted by Crippen LogP contribution is 2.18. The second kappa shape index (κ2) is 10.1. The van der Waals surface area contributed by atoms with Crippen molar-refractivity contribution in [3.63, 3.8) is 0 Å². The Labute approximate surface area is 165 Å². The normalized spacial score (nSPS) is 25.7. The molecule has 2 aliphatic heterocycles. The first kappa shape index (κ1) is 25.4. The van der Waals surface area contributed by atoms with Crippen molar-refractivity contribution in [3.8, 4) is 0 Å². The van der Waals surface area contributed by atoms with Crippen LogP contribution in [0, 0.1) is 0 Å². The van der Waals surface area contributed by atoms with Crippen LogP contribution in [0.1, 0.15) is 39.5 Å². The fraction of sp³-hybridized carbons (Fsp3) is 0.571. The zero-order chi connectivity index (χ0) is 20.8. The fourth-order valence-corrected chi connectivity index (χ4v) is 2.03. The minimum atomic E-state index is -1.80. The summed E-state index contributed by atoms with van der Waals surface area (Å²) in [5.74, 6) is 1.31. The van der Waals surface area contributed by atoms with Crippen molar-refractivity contribution in [3.05, 3.63) is 0 Å². The molecule has 2 aliphatic rings. The van der Waals surface area contributed by atoms with Gasteiger partial charge in [-0.2, -0.15) is 0 Å². The van der Waals surface area contributed by atoms with Gasteiger partial charge in [0.15, 0.2) is 0 Å². The van der Waals surface area contributed by atoms with E-state index in [1.807, 2.05) is 16.1 Å². The van der Waals surface area contributed by atoms with Gasteiger partial charge in [-0.25, -0.2) is 5.43 Å². The number of amides is 4. The first-order valence-corrected chi connectivity index (χ1v) is 7.90. The third-order valence-corrected chi connectivity index (χ3v) is 3.48. The van der Waals surface area contributed by atoms with Gasteiger partial charge in [0.1, 0.15) is 0 Å². The lowest BCUT2D eigenvalue weighted by molar-refractivity contribution is -0.169. The van der Waals surface area contributed by atoms with E-state index in [9.17, 15) is 28.8 Å². The molecule has 4 amide bonds. The number of nitrogens with two attached hydrogens (primary N) is 2. The van der Waals surface area contributed by atoms with Crippen molar-refractivity contribution in [2.24, 2.45) is 11.6 Å². The first-order valence-electron chi connectivity index (χ1n) is 7.90. The van der Waals surface area contributed by atoms with Crippen LogP contribution in [0.25, 0.3) is 0 Å². The van der Waals surface area contributed by atoms with Gasteiger partial charge in [0.2, 0.25) is 17.5 Å². The Kier molecular flexibility index (Phi) is 9.14. The molecule has 2 fully saturated rings. The number of halogens is 1. The van der Waals surface area contributed by atoms with Crippen molar-refractivity contribution in [1.29, 1.82) is 0 Å². The number of rotatable bonds is 5. The molecular formula is C14H22ClN5O8. The maximum atomic E-state index is 11.2. The number of esters is 2. The summed E-state index contributed by atoms with van der Waals surface area (Å²) in [6.45, 7) is 3.14. The third-order valence-electron chi connectivity index (χ3n) is 3.48. The molecule has 0 saturated carbocycles. The Morgan fingerprint density at radius 3 is 1.79 bits per heavy atom. The average molecular weight is 424 g/mol. The minimum Gasteiger partial charge on any atom is -0.434 e. The maximum absolute atomic E-state index is 11.2. The average Bonchev–Trinajstić information content (AvgIpc) is 3.02. The number of nitrogens with one attached hydrogen (secondary N) is 3. The summed E-state index contributed by atoms with van der Waals surface area (Å²) in [5, 5.41) is 3.95. The van der Waals surface area contributed by atoms with E-state index in [1.54, 1.807) is 13.8 Å². The van der Waals surface area contributed by atoms with E-state index in [0.29, 0.717) is 0 Å². The largest absolute Gasteiger partial charge is 0.434 e. The predicted octanol–water partition coefficient (Wildman–Crippen LogP) is -2.79. The molecule has 0 radical (unpaired) electrons. The quantitative estimate of drug-likeness (QED) is 0.100. The molecule has 2 heterocycles. The van der Waals surface area contributed by atoms with Crippen molar-refractivity contribution >= 4 is 48.0 Å². The van der Waals surface area contributed by atoms with E-state index < -0.39 is 47.0 Å². The number of hydrogen-bond acceptors (Lipinski definition) is 11. The van der Waals surface area contributed by atoms with Gasteiger partial charge in [0, 0.05) is 12.8 Å². The Hall–Kier alpha value is -2.61. The molecule has 13 nitrogen and oxygen atoms in total. The smallest absolute Gasteiger partial charge is 0.307 e. The molecule has 0 aliphatic carbocycles. The molecule has 0 spiro atoms. The van der Waals surface area contributed by atoms with E-state index in [0.717, 1.165) is 0 Å². The van der Waals surface area contributed by atoms with Gasteiger partial charge < -0.3 is 9.47 Å². The summed E-state index contributed by atoms with van der Waals surface area (Å²) in [4.78, 5) is 65.7. The van der Waals surface area contributed by atoms with Crippen LogP contribution in [-0.2, 0) is 38.2 Å². The lowest BCUT2D eigenvalue weighted by Gasteiger charge is -2.23. The monoisotopic (exact) mass is 423 g/mol. The Morgan fingerprint density at radius 1 is 0.964 bits per heavy atom. The molecule has 0 aromatic heterocycles. The summed E-state index contributed by atoms with van der Waals surface area (Å²) in [7, 11) is 0. The Morgan fingerprint density at radius 2 is 1.43 bits per heavy atom. The fourth-order valence-electron chi connectivity index (χ4n) is 2.03. The standard InChI is InChI=1S/C7H11N3O4.C7H10N2O4.ClH/c1-2-5(12)14-7(10-8)3-4(11)9-6(7)13;1-2-5(11)13-7(8)3-4(10)9-6(7)12;/h10H,2-3,8H2,1H3,(H,9,11,13);2-3,8H2,1H3,(H,9,10,12);1H. The van der Waals surface area contributed by atoms with Crippen LogP contribution >= 0.6 is 12.4 Å². The molecule has 0 bridgehead atoms. The second-order valence-electron chi connectivity index (χ2n) is 5.62. The lowest BCUT2D eigenvalue weighted by Crippen LogP contribution is -2.57. The van der Waals surface area contributed by atoms with Crippen molar-refractivity contribution in [2.45, 2.75) is 51.0 Å². The van der Waals surface area contributed by atoms with Gasteiger partial charge in [-0.15, -0.1) is 12.4 Å². The van der Waals surface area contributed by atoms with E-state index in [-0.39, 0.29) is 38.1 Å². The van der Waals surface area contributed by atoms with E-state index in [2.05, 4.69) is 4.74 Å². The summed E-state index contributed by atoms with van der Waals surface area (Å²) in [6.07, 6.45) is -0.392. The molecule has 14 heteroatoms. The van der Waals surface area contributed by atoms with Gasteiger partial charge in [0.05, 0.1) is 12.8 Å². The topological polar surface area (TPSA) is 209 Å². The van der Waals surface area contributed by atoms with Gasteiger partial charge in [-0.05, 0) is 0 Å². The van der Waals surface area contributed by atoms with Crippen LogP contribution in [0.5, 0.6) is 0 Å². The third kappa shape index (κ3) is 5.95. The van der Waals surface area contributed by atoms with Gasteiger partial charge in [-0.3, -0.25) is 51.0 Å². The molecule has 0 aromatic rings. The molecular weight excluding hydrogens is 402 g/mol. The SMILES string of the molecule is CCC(=O)OC1(N)CC(=O)NC1=O.CCC(=O)OC1(NN)CC(=O)NC1=O.Cl. The summed E-state index contributed by atoms with van der Waals surface area (Å²) in [6, 6.07) is 0. The summed E-state index contributed by atoms with van der Waals surface area (Å²) < 4.78 is 9.41. The zero-order valence-electron chi connectivity index (χ0n) is 15.2. The Balaban J connectivity index is 0.000000504. The number of imide groups is 2. The van der Waals surface area contributed by atoms with Gasteiger partial charge in [0.25, 0.3) is 17.5 Å². The number of hydrazine groups is 1. The summed E-state index contributed by atoms with van der Waals surface area (Å²) >= 11 is 0. The summed E-state index contributed by atoms with van der Waals surface area (Å²) in [5.41, 5.74) is 3.91. The maximum Gasteiger partial charge on any atom is 0.307 e. The van der Waals surface area contributed by atoms with Crippen LogP contribution in [0.15, 0.2) is 0 Å². The van der Waals surface area contributed by atoms with Crippen LogP contribution in [0.2, 0.25) is 0 Å². The van der Waals surface area contributed by atoms with Crippen molar-refractivity contribution in [1.82, 2.24) is 16.1 Å². The Bertz CT molecular complexity index is 687. The van der Waals surface area contributed by atoms with Crippen molar-refractivity contribution < 1.29 is 38.2 Å². The highest BCUT2D eigenvalue weighted by Gasteiger charge is 2.50. The molecule has 2 rings (SSSR count). The lowest BCUT2D eigenvalue weighted by atomic mass is 10.2. The predicted molar refractivity (Wildman–Crippen MR) is 92.5 cm³/mol. The molecule has 7 N–H and O–H groups in total. The number of ether oxygens (including phenoxy) is 2. The van der Waals surface area contributed by atoms with E-state index in [4.69, 9.17) is 16.3 Å². The molecule has 28 heavy (non-hydrogen) atoms. The second-order valence-corrected chi connectivity index (χ2v) is 5.62. The highest BCUT2D eigenvalue weighted by molar-refractivity contribution is 6.08. The molecule has 0 aromatic carbocycles. The first-order chi connectivity index (χ1) is 12.5. The molecule has 2 saturated heterocycles. The van der Waals surface area contributed by atoms with E-state index in [1.165, 1.54) is 0 Å². The van der Waals surface area contributed by atoms with Crippen LogP contribution in [0.3, 0.4) is 0 Å². The highest BCUT2D eigenvalue weighted by atomic mass is 35.5. The number of carbonyl (C=O) groups is 6. The van der Waals surface area contributed by atoms with Crippen molar-refractivity contribution in [2.75, 3.05) is 0 Å². The van der Waals surface area contributed by atoms with Crippen LogP contribution in [-0.4, -0.2) is 47.0 Å². The van der Waals surface area contributed by atoms with E-state index >= 15 is 0 Å². The number of hydrogen-bond donors (Lipinski definition) is 5. The van der Waals surface area contributed by atoms with Gasteiger partial charge in [-0.1, -0.05) is 13.8 Å².